The van der Waals surface area contributed by atoms with E-state index in [4.69, 9.17) is 0 Å². The van der Waals surface area contributed by atoms with E-state index in [-0.39, 0.29) is 24.1 Å². The molecule has 12 heteroatoms. The summed E-state index contributed by atoms with van der Waals surface area (Å²) in [5.41, 5.74) is -4.59. The van der Waals surface area contributed by atoms with Crippen LogP contribution in [0.5, 0.6) is 0 Å². The summed E-state index contributed by atoms with van der Waals surface area (Å²) in [5, 5.41) is 9.10. The quantitative estimate of drug-likeness (QED) is 0.732. The second-order valence-electron chi connectivity index (χ2n) is 6.15. The highest BCUT2D eigenvalue weighted by Gasteiger charge is 2.72. The molecule has 0 atom stereocenters. The fraction of sp³-hybridized carbons (Fsp3) is 0.438. The molecule has 0 fully saturated rings. The normalized spacial score (nSPS) is 13.1. The zero-order valence-corrected chi connectivity index (χ0v) is 15.4. The first-order valence-corrected chi connectivity index (χ1v) is 8.63. The van der Waals surface area contributed by atoms with Gasteiger partial charge >= 0.3 is 12.4 Å². The minimum Gasteiger partial charge on any atom is -0.369 e. The van der Waals surface area contributed by atoms with E-state index in [0.717, 1.165) is 4.90 Å². The number of hydrogen-bond donors (Lipinski definition) is 1. The first-order valence-electron chi connectivity index (χ1n) is 7.81. The Labute approximate surface area is 159 Å². The van der Waals surface area contributed by atoms with Crippen LogP contribution in [0, 0.1) is 5.92 Å². The predicted octanol–water partition coefficient (Wildman–Crippen LogP) is 4.04. The largest absolute Gasteiger partial charge is 0.431 e. The number of anilines is 1. The number of halogens is 6. The lowest BCUT2D eigenvalue weighted by molar-refractivity contribution is -0.375. The van der Waals surface area contributed by atoms with E-state index in [9.17, 15) is 36.2 Å². The van der Waals surface area contributed by atoms with Crippen LogP contribution < -0.4 is 4.90 Å². The Hall–Kier alpha value is -2.21. The predicted molar refractivity (Wildman–Crippen MR) is 88.4 cm³/mol. The van der Waals surface area contributed by atoms with Crippen LogP contribution in [-0.2, 0) is 16.9 Å². The molecular formula is C16H15F6N3O2S. The van der Waals surface area contributed by atoms with Crippen LogP contribution in [0.25, 0.3) is 0 Å². The van der Waals surface area contributed by atoms with Crippen molar-refractivity contribution in [2.24, 2.45) is 5.92 Å². The van der Waals surface area contributed by atoms with E-state index >= 15 is 0 Å². The molecule has 0 unspecified atom stereocenters. The van der Waals surface area contributed by atoms with Gasteiger partial charge in [-0.1, -0.05) is 31.3 Å². The van der Waals surface area contributed by atoms with Gasteiger partial charge in [-0.2, -0.15) is 26.3 Å². The van der Waals surface area contributed by atoms with E-state index in [1.54, 1.807) is 12.1 Å². The molecule has 0 aliphatic carbocycles. The number of hydrogen-bond acceptors (Lipinski definition) is 5. The number of thiazole rings is 1. The molecule has 154 valence electrons. The Balaban J connectivity index is 2.50. The molecule has 0 aromatic carbocycles. The summed E-state index contributed by atoms with van der Waals surface area (Å²) in [5.74, 6) is -1.17. The lowest BCUT2D eigenvalue weighted by atomic mass is 10.0. The van der Waals surface area contributed by atoms with Gasteiger partial charge < -0.3 is 5.11 Å². The van der Waals surface area contributed by atoms with E-state index in [1.807, 2.05) is 0 Å². The van der Waals surface area contributed by atoms with Gasteiger partial charge in [-0.25, -0.2) is 4.98 Å². The van der Waals surface area contributed by atoms with Crippen molar-refractivity contribution in [3.63, 3.8) is 0 Å². The van der Waals surface area contributed by atoms with Gasteiger partial charge in [0.25, 0.3) is 5.60 Å². The van der Waals surface area contributed by atoms with Gasteiger partial charge in [0.05, 0.1) is 11.4 Å². The summed E-state index contributed by atoms with van der Waals surface area (Å²) in [6, 6.07) is 3.15. The maximum atomic E-state index is 13.1. The van der Waals surface area contributed by atoms with Gasteiger partial charge in [-0.3, -0.25) is 14.7 Å². The molecule has 5 nitrogen and oxygen atoms in total. The first-order chi connectivity index (χ1) is 12.8. The Morgan fingerprint density at radius 3 is 2.25 bits per heavy atom. The molecule has 0 aliphatic heterocycles. The zero-order chi connectivity index (χ0) is 21.3. The van der Waals surface area contributed by atoms with Gasteiger partial charge in [0, 0.05) is 24.5 Å². The fourth-order valence-electron chi connectivity index (χ4n) is 2.22. The minimum atomic E-state index is -6.02. The molecule has 1 amide bonds. The fourth-order valence-corrected chi connectivity index (χ4v) is 3.27. The summed E-state index contributed by atoms with van der Waals surface area (Å²) in [6.07, 6.45) is -8.90. The van der Waals surface area contributed by atoms with Crippen molar-refractivity contribution in [3.05, 3.63) is 41.2 Å². The first kappa shape index (κ1) is 22.1. The molecule has 0 saturated carbocycles. The molecule has 0 spiro atoms. The summed E-state index contributed by atoms with van der Waals surface area (Å²) >= 11 is -0.0498. The van der Waals surface area contributed by atoms with Crippen LogP contribution >= 0.6 is 11.3 Å². The van der Waals surface area contributed by atoms with Crippen molar-refractivity contribution in [2.45, 2.75) is 38.3 Å². The van der Waals surface area contributed by atoms with Crippen molar-refractivity contribution in [1.82, 2.24) is 9.97 Å². The van der Waals surface area contributed by atoms with E-state index in [1.165, 1.54) is 26.2 Å². The summed E-state index contributed by atoms with van der Waals surface area (Å²) in [6.45, 7) is 2.89. The SMILES string of the molecule is CC(C)C(=O)N(Cc1cccnc1)c1ncc(C(O)(C(F)(F)F)C(F)(F)F)s1. The third-order valence-corrected chi connectivity index (χ3v) is 4.85. The van der Waals surface area contributed by atoms with Crippen LogP contribution in [0.4, 0.5) is 31.5 Å². The molecule has 2 aromatic rings. The number of amides is 1. The lowest BCUT2D eigenvalue weighted by Crippen LogP contribution is -2.53. The highest BCUT2D eigenvalue weighted by atomic mass is 32.1. The maximum Gasteiger partial charge on any atom is 0.431 e. The van der Waals surface area contributed by atoms with E-state index < -0.39 is 39.8 Å². The number of carbonyl (C=O) groups is 1. The van der Waals surface area contributed by atoms with Crippen LogP contribution in [0.1, 0.15) is 24.3 Å². The molecular weight excluding hydrogens is 412 g/mol. The lowest BCUT2D eigenvalue weighted by Gasteiger charge is -2.31. The highest BCUT2D eigenvalue weighted by molar-refractivity contribution is 7.15. The number of aromatic nitrogens is 2. The van der Waals surface area contributed by atoms with Crippen LogP contribution in [0.15, 0.2) is 30.7 Å². The van der Waals surface area contributed by atoms with Crippen molar-refractivity contribution in [2.75, 3.05) is 4.90 Å². The molecule has 0 bridgehead atoms. The Morgan fingerprint density at radius 1 is 1.18 bits per heavy atom. The van der Waals surface area contributed by atoms with E-state index in [2.05, 4.69) is 9.97 Å². The number of nitrogens with zero attached hydrogens (tertiary/aromatic N) is 3. The van der Waals surface area contributed by atoms with Gasteiger partial charge in [-0.15, -0.1) is 0 Å². The average Bonchev–Trinajstić information content (AvgIpc) is 3.07. The van der Waals surface area contributed by atoms with Crippen molar-refractivity contribution in [3.8, 4) is 0 Å². The molecule has 1 N–H and O–H groups in total. The molecule has 2 aromatic heterocycles. The van der Waals surface area contributed by atoms with Crippen molar-refractivity contribution >= 4 is 22.4 Å². The monoisotopic (exact) mass is 427 g/mol. The van der Waals surface area contributed by atoms with Gasteiger partial charge in [0.1, 0.15) is 0 Å². The molecule has 2 heterocycles. The van der Waals surface area contributed by atoms with Gasteiger partial charge in [0.15, 0.2) is 5.13 Å². The van der Waals surface area contributed by atoms with Crippen LogP contribution in [-0.4, -0.2) is 33.3 Å². The van der Waals surface area contributed by atoms with Crippen molar-refractivity contribution < 1.29 is 36.2 Å². The van der Waals surface area contributed by atoms with Crippen LogP contribution in [0.2, 0.25) is 0 Å². The van der Waals surface area contributed by atoms with E-state index in [0.29, 0.717) is 5.56 Å². The number of aliphatic hydroxyl groups is 1. The second-order valence-corrected chi connectivity index (χ2v) is 7.16. The summed E-state index contributed by atoms with van der Waals surface area (Å²) in [4.78, 5) is 19.4. The van der Waals surface area contributed by atoms with Gasteiger partial charge in [0.2, 0.25) is 5.91 Å². The van der Waals surface area contributed by atoms with Crippen LogP contribution in [0.3, 0.4) is 0 Å². The Bertz CT molecular complexity index is 806. The second kappa shape index (κ2) is 7.66. The molecule has 2 rings (SSSR count). The van der Waals surface area contributed by atoms with Crippen molar-refractivity contribution in [1.29, 1.82) is 0 Å². The number of pyridine rings is 1. The topological polar surface area (TPSA) is 66.3 Å². The Morgan fingerprint density at radius 2 is 1.79 bits per heavy atom. The Kier molecular flexibility index (Phi) is 6.04. The maximum absolute atomic E-state index is 13.1. The zero-order valence-electron chi connectivity index (χ0n) is 14.5. The number of carbonyl (C=O) groups excluding carboxylic acids is 1. The molecule has 0 radical (unpaired) electrons. The molecule has 0 saturated heterocycles. The third-order valence-electron chi connectivity index (χ3n) is 3.72. The minimum absolute atomic E-state index is 0.0498. The summed E-state index contributed by atoms with van der Waals surface area (Å²) < 4.78 is 78.3. The summed E-state index contributed by atoms with van der Waals surface area (Å²) in [7, 11) is 0. The standard InChI is InChI=1S/C16H15F6N3O2S/c1-9(2)12(26)25(8-10-4-3-5-23-6-10)13-24-7-11(28-13)14(27,15(17,18)19)16(20,21)22/h3-7,9,27H,8H2,1-2H3. The average molecular weight is 427 g/mol. The smallest absolute Gasteiger partial charge is 0.369 e. The number of rotatable bonds is 5. The molecule has 28 heavy (non-hydrogen) atoms. The molecule has 0 aliphatic rings. The van der Waals surface area contributed by atoms with Gasteiger partial charge in [-0.05, 0) is 11.6 Å². The highest BCUT2D eigenvalue weighted by Crippen LogP contribution is 2.52. The number of alkyl halides is 6. The third kappa shape index (κ3) is 4.12.